The van der Waals surface area contributed by atoms with E-state index in [9.17, 15) is 4.79 Å². The molecule has 1 aromatic carbocycles. The molecule has 2 aromatic rings. The molecule has 0 radical (unpaired) electrons. The highest BCUT2D eigenvalue weighted by Gasteiger charge is 2.20. The van der Waals surface area contributed by atoms with Gasteiger partial charge in [-0.3, -0.25) is 9.79 Å². The lowest BCUT2D eigenvalue weighted by Crippen LogP contribution is -2.49. The molecule has 150 valence electrons. The monoisotopic (exact) mass is 399 g/mol. The second-order valence-electron chi connectivity index (χ2n) is 6.82. The molecule has 0 aliphatic carbocycles. The Kier molecular flexibility index (Phi) is 7.31. The number of hydrogen-bond donors (Lipinski definition) is 2. The van der Waals surface area contributed by atoms with Crippen LogP contribution < -0.4 is 15.5 Å². The standard InChI is InChI=1S/C21H29N5OS/c1-17-8-9-19(28-17)16-24-21(22-2)23-11-10-20(27)26-14-12-25(13-15-26)18-6-4-3-5-7-18/h3-9H,10-16H2,1-2H3,(H2,22,23,24). The van der Waals surface area contributed by atoms with E-state index in [-0.39, 0.29) is 5.91 Å². The van der Waals surface area contributed by atoms with Gasteiger partial charge in [-0.2, -0.15) is 0 Å². The van der Waals surface area contributed by atoms with Gasteiger partial charge in [-0.15, -0.1) is 11.3 Å². The highest BCUT2D eigenvalue weighted by atomic mass is 32.1. The predicted octanol–water partition coefficient (Wildman–Crippen LogP) is 2.46. The molecule has 28 heavy (non-hydrogen) atoms. The first-order valence-electron chi connectivity index (χ1n) is 9.73. The van der Waals surface area contributed by atoms with Gasteiger partial charge in [0.05, 0.1) is 6.54 Å². The lowest BCUT2D eigenvalue weighted by atomic mass is 10.2. The molecule has 1 fully saturated rings. The van der Waals surface area contributed by atoms with E-state index in [1.54, 1.807) is 18.4 Å². The lowest BCUT2D eigenvalue weighted by molar-refractivity contribution is -0.131. The van der Waals surface area contributed by atoms with Gasteiger partial charge in [0.1, 0.15) is 0 Å². The van der Waals surface area contributed by atoms with Crippen LogP contribution in [-0.4, -0.2) is 56.5 Å². The van der Waals surface area contributed by atoms with Gasteiger partial charge in [-0.25, -0.2) is 0 Å². The summed E-state index contributed by atoms with van der Waals surface area (Å²) in [6.07, 6.45) is 0.476. The number of piperazine rings is 1. The molecule has 1 amide bonds. The van der Waals surface area contributed by atoms with Crippen LogP contribution in [0.2, 0.25) is 0 Å². The molecule has 0 spiro atoms. The predicted molar refractivity (Wildman–Crippen MR) is 117 cm³/mol. The van der Waals surface area contributed by atoms with E-state index in [0.717, 1.165) is 38.7 Å². The van der Waals surface area contributed by atoms with Crippen LogP contribution in [0.25, 0.3) is 0 Å². The largest absolute Gasteiger partial charge is 0.368 e. The second kappa shape index (κ2) is 10.1. The van der Waals surface area contributed by atoms with Gasteiger partial charge in [0.25, 0.3) is 0 Å². The van der Waals surface area contributed by atoms with Crippen molar-refractivity contribution in [2.24, 2.45) is 4.99 Å². The average Bonchev–Trinajstić information content (AvgIpc) is 3.16. The molecule has 0 bridgehead atoms. The molecule has 0 saturated carbocycles. The third-order valence-electron chi connectivity index (χ3n) is 4.83. The third-order valence-corrected chi connectivity index (χ3v) is 5.84. The summed E-state index contributed by atoms with van der Waals surface area (Å²) in [4.78, 5) is 23.6. The zero-order chi connectivity index (χ0) is 19.8. The summed E-state index contributed by atoms with van der Waals surface area (Å²) in [5, 5.41) is 6.53. The number of hydrogen-bond acceptors (Lipinski definition) is 4. The SMILES string of the molecule is CN=C(NCCC(=O)N1CCN(c2ccccc2)CC1)NCc1ccc(C)s1. The Balaban J connectivity index is 1.36. The number of benzene rings is 1. The Morgan fingerprint density at radius 2 is 1.82 bits per heavy atom. The molecular formula is C21H29N5OS. The fourth-order valence-corrected chi connectivity index (χ4v) is 4.10. The number of carbonyl (C=O) groups is 1. The fraction of sp³-hybridized carbons (Fsp3) is 0.429. The first-order chi connectivity index (χ1) is 13.7. The van der Waals surface area contributed by atoms with Crippen LogP contribution in [0.3, 0.4) is 0 Å². The van der Waals surface area contributed by atoms with Gasteiger partial charge in [0, 0.05) is 61.6 Å². The Bertz CT molecular complexity index is 781. The van der Waals surface area contributed by atoms with Crippen molar-refractivity contribution in [3.63, 3.8) is 0 Å². The maximum absolute atomic E-state index is 12.5. The van der Waals surface area contributed by atoms with Crippen molar-refractivity contribution in [3.05, 3.63) is 52.2 Å². The van der Waals surface area contributed by atoms with E-state index in [4.69, 9.17) is 0 Å². The lowest BCUT2D eigenvalue weighted by Gasteiger charge is -2.36. The zero-order valence-corrected chi connectivity index (χ0v) is 17.5. The van der Waals surface area contributed by atoms with E-state index in [0.29, 0.717) is 13.0 Å². The number of carbonyl (C=O) groups excluding carboxylic acids is 1. The number of para-hydroxylation sites is 1. The number of aryl methyl sites for hydroxylation is 1. The summed E-state index contributed by atoms with van der Waals surface area (Å²) in [5.74, 6) is 0.928. The van der Waals surface area contributed by atoms with Crippen molar-refractivity contribution in [2.45, 2.75) is 19.9 Å². The van der Waals surface area contributed by atoms with Crippen LogP contribution in [0.1, 0.15) is 16.2 Å². The molecule has 2 heterocycles. The summed E-state index contributed by atoms with van der Waals surface area (Å²) in [7, 11) is 1.75. The summed E-state index contributed by atoms with van der Waals surface area (Å²) in [6, 6.07) is 14.6. The summed E-state index contributed by atoms with van der Waals surface area (Å²) < 4.78 is 0. The van der Waals surface area contributed by atoms with E-state index < -0.39 is 0 Å². The van der Waals surface area contributed by atoms with Crippen molar-refractivity contribution >= 4 is 28.9 Å². The number of anilines is 1. The minimum absolute atomic E-state index is 0.199. The maximum Gasteiger partial charge on any atom is 0.224 e. The minimum atomic E-state index is 0.199. The Morgan fingerprint density at radius 1 is 1.07 bits per heavy atom. The maximum atomic E-state index is 12.5. The molecule has 1 saturated heterocycles. The van der Waals surface area contributed by atoms with Gasteiger partial charge in [-0.1, -0.05) is 18.2 Å². The normalized spacial score (nSPS) is 14.9. The quantitative estimate of drug-likeness (QED) is 0.579. The zero-order valence-electron chi connectivity index (χ0n) is 16.6. The molecule has 2 N–H and O–H groups in total. The molecule has 3 rings (SSSR count). The Morgan fingerprint density at radius 3 is 2.46 bits per heavy atom. The van der Waals surface area contributed by atoms with E-state index >= 15 is 0 Å². The number of amides is 1. The van der Waals surface area contributed by atoms with E-state index in [2.05, 4.69) is 63.8 Å². The van der Waals surface area contributed by atoms with Gasteiger partial charge >= 0.3 is 0 Å². The Hall–Kier alpha value is -2.54. The van der Waals surface area contributed by atoms with Crippen molar-refractivity contribution in [1.82, 2.24) is 15.5 Å². The Labute approximate surface area is 171 Å². The van der Waals surface area contributed by atoms with Crippen molar-refractivity contribution < 1.29 is 4.79 Å². The van der Waals surface area contributed by atoms with Crippen molar-refractivity contribution in [1.29, 1.82) is 0 Å². The van der Waals surface area contributed by atoms with Crippen LogP contribution in [0.4, 0.5) is 5.69 Å². The number of rotatable bonds is 6. The highest BCUT2D eigenvalue weighted by molar-refractivity contribution is 7.11. The second-order valence-corrected chi connectivity index (χ2v) is 8.19. The first kappa shape index (κ1) is 20.2. The van der Waals surface area contributed by atoms with Crippen LogP contribution in [0, 0.1) is 6.92 Å². The number of thiophene rings is 1. The first-order valence-corrected chi connectivity index (χ1v) is 10.5. The summed E-state index contributed by atoms with van der Waals surface area (Å²) in [6.45, 7) is 6.75. The molecule has 1 aliphatic rings. The molecule has 6 nitrogen and oxygen atoms in total. The van der Waals surface area contributed by atoms with Crippen LogP contribution >= 0.6 is 11.3 Å². The van der Waals surface area contributed by atoms with E-state index in [1.165, 1.54) is 15.4 Å². The molecule has 1 aromatic heterocycles. The van der Waals surface area contributed by atoms with Gasteiger partial charge in [0.2, 0.25) is 5.91 Å². The number of aliphatic imine (C=N–C) groups is 1. The summed E-state index contributed by atoms with van der Waals surface area (Å²) in [5.41, 5.74) is 1.23. The smallest absolute Gasteiger partial charge is 0.224 e. The van der Waals surface area contributed by atoms with Crippen molar-refractivity contribution in [2.75, 3.05) is 44.7 Å². The topological polar surface area (TPSA) is 60.0 Å². The van der Waals surface area contributed by atoms with Gasteiger partial charge < -0.3 is 20.4 Å². The molecule has 0 atom stereocenters. The molecule has 0 unspecified atom stereocenters. The van der Waals surface area contributed by atoms with E-state index in [1.807, 2.05) is 11.0 Å². The third kappa shape index (κ3) is 5.73. The van der Waals surface area contributed by atoms with Crippen LogP contribution in [0.5, 0.6) is 0 Å². The molecular weight excluding hydrogens is 370 g/mol. The average molecular weight is 400 g/mol. The fourth-order valence-electron chi connectivity index (χ4n) is 3.27. The van der Waals surface area contributed by atoms with Crippen LogP contribution in [-0.2, 0) is 11.3 Å². The van der Waals surface area contributed by atoms with Crippen LogP contribution in [0.15, 0.2) is 47.5 Å². The van der Waals surface area contributed by atoms with Crippen molar-refractivity contribution in [3.8, 4) is 0 Å². The highest BCUT2D eigenvalue weighted by Crippen LogP contribution is 2.16. The number of nitrogens with one attached hydrogen (secondary N) is 2. The van der Waals surface area contributed by atoms with Gasteiger partial charge in [-0.05, 0) is 31.2 Å². The van der Waals surface area contributed by atoms with Gasteiger partial charge in [0.15, 0.2) is 5.96 Å². The molecule has 7 heteroatoms. The minimum Gasteiger partial charge on any atom is -0.368 e. The number of guanidine groups is 1. The molecule has 1 aliphatic heterocycles. The summed E-state index contributed by atoms with van der Waals surface area (Å²) >= 11 is 1.78. The number of nitrogens with zero attached hydrogens (tertiary/aromatic N) is 3.